The number of nitrogens with zero attached hydrogens (tertiary/aromatic N) is 1. The van der Waals surface area contributed by atoms with Crippen LogP contribution in [0.3, 0.4) is 0 Å². The molecule has 24 heavy (non-hydrogen) atoms. The van der Waals surface area contributed by atoms with Gasteiger partial charge >= 0.3 is 12.0 Å². The van der Waals surface area contributed by atoms with Crippen molar-refractivity contribution in [2.75, 3.05) is 19.6 Å². The maximum absolute atomic E-state index is 11.8. The molecule has 1 atom stereocenters. The molecule has 0 radical (unpaired) electrons. The van der Waals surface area contributed by atoms with Gasteiger partial charge in [-0.3, -0.25) is 9.69 Å². The predicted octanol–water partition coefficient (Wildman–Crippen LogP) is 2.21. The second kappa shape index (κ2) is 9.93. The lowest BCUT2D eigenvalue weighted by molar-refractivity contribution is -0.137. The van der Waals surface area contributed by atoms with Crippen molar-refractivity contribution in [2.45, 2.75) is 44.7 Å². The topological polar surface area (TPSA) is 81.7 Å². The molecule has 1 aliphatic heterocycles. The maximum Gasteiger partial charge on any atom is 0.314 e. The average molecular weight is 333 g/mol. The molecule has 1 fully saturated rings. The fourth-order valence-electron chi connectivity index (χ4n) is 3.03. The first-order valence-corrected chi connectivity index (χ1v) is 8.66. The number of carbonyl (C=O) groups excluding carboxylic acids is 1. The zero-order chi connectivity index (χ0) is 17.2. The molecule has 6 nitrogen and oxygen atoms in total. The Labute approximate surface area is 143 Å². The number of piperidine rings is 1. The molecule has 132 valence electrons. The number of carboxylic acid groups (broad SMARTS) is 1. The molecule has 1 heterocycles. The molecular weight excluding hydrogens is 306 g/mol. The van der Waals surface area contributed by atoms with Crippen LogP contribution in [0, 0.1) is 0 Å². The summed E-state index contributed by atoms with van der Waals surface area (Å²) in [4.78, 5) is 24.7. The number of rotatable bonds is 8. The van der Waals surface area contributed by atoms with Crippen LogP contribution in [0.1, 0.15) is 37.7 Å². The van der Waals surface area contributed by atoms with Crippen LogP contribution in [-0.4, -0.2) is 47.7 Å². The van der Waals surface area contributed by atoms with E-state index in [4.69, 9.17) is 5.11 Å². The molecule has 0 bridgehead atoms. The first-order valence-electron chi connectivity index (χ1n) is 8.66. The minimum absolute atomic E-state index is 0.0771. The van der Waals surface area contributed by atoms with Crippen LogP contribution in [0.15, 0.2) is 30.3 Å². The molecule has 1 aromatic carbocycles. The first kappa shape index (κ1) is 18.3. The van der Waals surface area contributed by atoms with Gasteiger partial charge < -0.3 is 15.7 Å². The molecule has 0 saturated carbocycles. The molecule has 6 heteroatoms. The molecule has 2 amide bonds. The van der Waals surface area contributed by atoms with Crippen molar-refractivity contribution in [2.24, 2.45) is 0 Å². The van der Waals surface area contributed by atoms with Crippen LogP contribution in [0.25, 0.3) is 0 Å². The smallest absolute Gasteiger partial charge is 0.314 e. The third-order valence-corrected chi connectivity index (χ3v) is 4.33. The van der Waals surface area contributed by atoms with Crippen molar-refractivity contribution in [3.8, 4) is 0 Å². The standard InChI is InChI=1S/C18H27N3O3/c22-17(23)10-6-11-19-18(24)20-13-16-9-4-5-12-21(16)14-15-7-2-1-3-8-15/h1-3,7-8,16H,4-6,9-14H2,(H,22,23)(H2,19,20,24). The molecule has 1 aromatic rings. The van der Waals surface area contributed by atoms with E-state index >= 15 is 0 Å². The summed E-state index contributed by atoms with van der Waals surface area (Å²) >= 11 is 0. The van der Waals surface area contributed by atoms with Gasteiger partial charge in [0.25, 0.3) is 0 Å². The fraction of sp³-hybridized carbons (Fsp3) is 0.556. The SMILES string of the molecule is O=C(O)CCCNC(=O)NCC1CCCCN1Cc1ccccc1. The van der Waals surface area contributed by atoms with Crippen molar-refractivity contribution in [3.05, 3.63) is 35.9 Å². The van der Waals surface area contributed by atoms with E-state index in [1.807, 2.05) is 6.07 Å². The summed E-state index contributed by atoms with van der Waals surface area (Å²) in [5, 5.41) is 14.2. The Morgan fingerprint density at radius 1 is 1.17 bits per heavy atom. The number of amides is 2. The monoisotopic (exact) mass is 333 g/mol. The number of benzene rings is 1. The van der Waals surface area contributed by atoms with Gasteiger partial charge in [0, 0.05) is 32.1 Å². The highest BCUT2D eigenvalue weighted by Gasteiger charge is 2.22. The van der Waals surface area contributed by atoms with E-state index in [9.17, 15) is 9.59 Å². The van der Waals surface area contributed by atoms with Crippen molar-refractivity contribution >= 4 is 12.0 Å². The summed E-state index contributed by atoms with van der Waals surface area (Å²) < 4.78 is 0. The van der Waals surface area contributed by atoms with E-state index in [1.165, 1.54) is 18.4 Å². The summed E-state index contributed by atoms with van der Waals surface area (Å²) in [6, 6.07) is 10.5. The highest BCUT2D eigenvalue weighted by Crippen LogP contribution is 2.19. The molecular formula is C18H27N3O3. The van der Waals surface area contributed by atoms with Gasteiger partial charge in [-0.25, -0.2) is 4.79 Å². The Kier molecular flexibility index (Phi) is 7.55. The van der Waals surface area contributed by atoms with Gasteiger partial charge in [0.2, 0.25) is 0 Å². The van der Waals surface area contributed by atoms with Crippen LogP contribution in [-0.2, 0) is 11.3 Å². The van der Waals surface area contributed by atoms with E-state index in [0.717, 1.165) is 19.5 Å². The van der Waals surface area contributed by atoms with Crippen LogP contribution in [0.2, 0.25) is 0 Å². The molecule has 1 aliphatic rings. The quantitative estimate of drug-likeness (QED) is 0.637. The van der Waals surface area contributed by atoms with E-state index in [2.05, 4.69) is 39.8 Å². The number of carbonyl (C=O) groups is 2. The molecule has 1 unspecified atom stereocenters. The lowest BCUT2D eigenvalue weighted by atomic mass is 10.0. The van der Waals surface area contributed by atoms with Gasteiger partial charge in [-0.1, -0.05) is 36.8 Å². The van der Waals surface area contributed by atoms with E-state index in [0.29, 0.717) is 25.6 Å². The number of nitrogens with one attached hydrogen (secondary N) is 2. The minimum atomic E-state index is -0.837. The lowest BCUT2D eigenvalue weighted by Gasteiger charge is -2.35. The lowest BCUT2D eigenvalue weighted by Crippen LogP contribution is -2.48. The summed E-state index contributed by atoms with van der Waals surface area (Å²) in [5.74, 6) is -0.837. The molecule has 0 spiro atoms. The summed E-state index contributed by atoms with van der Waals surface area (Å²) in [6.07, 6.45) is 4.01. The second-order valence-electron chi connectivity index (χ2n) is 6.24. The maximum atomic E-state index is 11.8. The van der Waals surface area contributed by atoms with Crippen LogP contribution in [0.5, 0.6) is 0 Å². The number of aliphatic carboxylic acids is 1. The molecule has 2 rings (SSSR count). The fourth-order valence-corrected chi connectivity index (χ4v) is 3.03. The molecule has 0 aromatic heterocycles. The van der Waals surface area contributed by atoms with E-state index in [-0.39, 0.29) is 12.5 Å². The Hall–Kier alpha value is -2.08. The molecule has 0 aliphatic carbocycles. The third-order valence-electron chi connectivity index (χ3n) is 4.33. The van der Waals surface area contributed by atoms with E-state index in [1.54, 1.807) is 0 Å². The van der Waals surface area contributed by atoms with Gasteiger partial charge in [-0.15, -0.1) is 0 Å². The number of hydrogen-bond donors (Lipinski definition) is 3. The number of hydrogen-bond acceptors (Lipinski definition) is 3. The van der Waals surface area contributed by atoms with Crippen molar-refractivity contribution < 1.29 is 14.7 Å². The predicted molar refractivity (Wildman–Crippen MR) is 92.8 cm³/mol. The van der Waals surface area contributed by atoms with Gasteiger partial charge in [-0.2, -0.15) is 0 Å². The summed E-state index contributed by atoms with van der Waals surface area (Å²) in [7, 11) is 0. The van der Waals surface area contributed by atoms with Gasteiger partial charge in [0.05, 0.1) is 0 Å². The van der Waals surface area contributed by atoms with Crippen molar-refractivity contribution in [1.82, 2.24) is 15.5 Å². The van der Waals surface area contributed by atoms with E-state index < -0.39 is 5.97 Å². The van der Waals surface area contributed by atoms with Gasteiger partial charge in [-0.05, 0) is 31.4 Å². The Morgan fingerprint density at radius 3 is 2.71 bits per heavy atom. The van der Waals surface area contributed by atoms with Crippen molar-refractivity contribution in [1.29, 1.82) is 0 Å². The van der Waals surface area contributed by atoms with Gasteiger partial charge in [0.1, 0.15) is 0 Å². The highest BCUT2D eigenvalue weighted by atomic mass is 16.4. The number of likely N-dealkylation sites (tertiary alicyclic amines) is 1. The number of carboxylic acids is 1. The third kappa shape index (κ3) is 6.58. The number of urea groups is 1. The Bertz CT molecular complexity index is 522. The highest BCUT2D eigenvalue weighted by molar-refractivity contribution is 5.74. The zero-order valence-electron chi connectivity index (χ0n) is 14.0. The Balaban J connectivity index is 1.72. The minimum Gasteiger partial charge on any atom is -0.481 e. The molecule has 1 saturated heterocycles. The summed E-state index contributed by atoms with van der Waals surface area (Å²) in [6.45, 7) is 2.98. The van der Waals surface area contributed by atoms with Crippen molar-refractivity contribution in [3.63, 3.8) is 0 Å². The second-order valence-corrected chi connectivity index (χ2v) is 6.24. The van der Waals surface area contributed by atoms with Crippen LogP contribution < -0.4 is 10.6 Å². The Morgan fingerprint density at radius 2 is 1.96 bits per heavy atom. The van der Waals surface area contributed by atoms with Crippen LogP contribution >= 0.6 is 0 Å². The average Bonchev–Trinajstić information content (AvgIpc) is 2.59. The largest absolute Gasteiger partial charge is 0.481 e. The zero-order valence-corrected chi connectivity index (χ0v) is 14.0. The summed E-state index contributed by atoms with van der Waals surface area (Å²) in [5.41, 5.74) is 1.29. The van der Waals surface area contributed by atoms with Gasteiger partial charge in [0.15, 0.2) is 0 Å². The molecule has 3 N–H and O–H groups in total. The normalized spacial score (nSPS) is 18.1. The van der Waals surface area contributed by atoms with Crippen LogP contribution in [0.4, 0.5) is 4.79 Å². The first-order chi connectivity index (χ1) is 11.6.